The molecule has 5 aliphatic rings. The fourth-order valence-electron chi connectivity index (χ4n) is 17.9. The van der Waals surface area contributed by atoms with E-state index in [1.807, 2.05) is 0 Å². The Morgan fingerprint density at radius 1 is 0.210 bits per heavy atom. The summed E-state index contributed by atoms with van der Waals surface area (Å²) >= 11 is 0. The molecule has 20 rings (SSSR count). The van der Waals surface area contributed by atoms with E-state index in [9.17, 15) is 0 Å². The van der Waals surface area contributed by atoms with Crippen molar-refractivity contribution in [2.45, 2.75) is 113 Å². The van der Waals surface area contributed by atoms with E-state index < -0.39 is 0 Å². The molecule has 0 radical (unpaired) electrons. The lowest BCUT2D eigenvalue weighted by Crippen LogP contribution is -2.28. The standard InChI is InChI=1S/C27H20.C27H22.C18H16.C17H18.C15H14.CH4/c1-17-11-13-21-22-14-12-18(2)16-26(22)27(25(21)15-17)23-9-5-3-7-19(23)20-8-4-6-10-24(20)27;1-19-13-15-23-24-16-14-20(2)18-26(24)27(25(23)17-19,21-9-5-3-6-10-21)22-11-7-4-8-12-22;1-13-7-10-15(11-8-13)17-12-9-14(2)16-5-3-4-6-18(16)17;1-11-5-7-13-14-8-6-12(2)10-16(14)17(3,4)15(13)9-11;1-10-3-5-12-9-13-6-4-11(2)8-15(13)14(12)7-10;/h3-16H,1-2H3;3-18H,1-2H3;3-12H,1-2H3;5-10H,1-4H3;3-8H,9H2,1-2H3;1H4. The molecule has 0 heteroatoms. The fourth-order valence-corrected chi connectivity index (χ4v) is 17.9. The van der Waals surface area contributed by atoms with Crippen molar-refractivity contribution >= 4 is 10.8 Å². The first kappa shape index (κ1) is 69.3. The maximum atomic E-state index is 2.41. The van der Waals surface area contributed by atoms with E-state index in [-0.39, 0.29) is 23.7 Å². The van der Waals surface area contributed by atoms with Gasteiger partial charge in [-0.25, -0.2) is 0 Å². The molecular weight excluding hydrogens is 1260 g/mol. The van der Waals surface area contributed by atoms with Crippen LogP contribution in [0.4, 0.5) is 0 Å². The van der Waals surface area contributed by atoms with Gasteiger partial charge in [-0.3, -0.25) is 0 Å². The molecule has 0 N–H and O–H groups in total. The van der Waals surface area contributed by atoms with Crippen LogP contribution >= 0.6 is 0 Å². The topological polar surface area (TPSA) is 0 Å². The van der Waals surface area contributed by atoms with Crippen LogP contribution in [0.1, 0.15) is 144 Å². The molecule has 0 nitrogen and oxygen atoms in total. The van der Waals surface area contributed by atoms with E-state index in [1.54, 1.807) is 0 Å². The molecule has 15 aromatic carbocycles. The number of hydrogen-bond acceptors (Lipinski definition) is 0. The van der Waals surface area contributed by atoms with Crippen molar-refractivity contribution in [2.75, 3.05) is 0 Å². The second kappa shape index (κ2) is 27.6. The predicted molar refractivity (Wildman–Crippen MR) is 449 cm³/mol. The fraction of sp³-hybridized carbons (Fsp3) is 0.162. The van der Waals surface area contributed by atoms with Crippen LogP contribution in [-0.2, 0) is 22.7 Å². The van der Waals surface area contributed by atoms with Gasteiger partial charge >= 0.3 is 0 Å². The minimum absolute atomic E-state index is 0. The normalized spacial score (nSPS) is 13.4. The zero-order chi connectivity index (χ0) is 71.8. The summed E-state index contributed by atoms with van der Waals surface area (Å²) in [6, 6.07) is 117. The highest BCUT2D eigenvalue weighted by atomic mass is 14.5. The van der Waals surface area contributed by atoms with Crippen molar-refractivity contribution < 1.29 is 0 Å². The van der Waals surface area contributed by atoms with Crippen molar-refractivity contribution in [1.29, 1.82) is 0 Å². The third-order valence-electron chi connectivity index (χ3n) is 23.0. The molecule has 0 aromatic heterocycles. The molecule has 15 aromatic rings. The van der Waals surface area contributed by atoms with Crippen LogP contribution in [0.25, 0.3) is 77.5 Å². The third-order valence-corrected chi connectivity index (χ3v) is 23.0. The lowest BCUT2D eigenvalue weighted by atomic mass is 9.67. The first-order chi connectivity index (χ1) is 50.4. The van der Waals surface area contributed by atoms with E-state index in [0.29, 0.717) is 0 Å². The molecule has 0 heterocycles. The van der Waals surface area contributed by atoms with Gasteiger partial charge in [-0.2, -0.15) is 0 Å². The van der Waals surface area contributed by atoms with Crippen LogP contribution in [-0.4, -0.2) is 0 Å². The highest BCUT2D eigenvalue weighted by Gasteiger charge is 2.52. The van der Waals surface area contributed by atoms with E-state index in [2.05, 4.69) is 399 Å². The van der Waals surface area contributed by atoms with Gasteiger partial charge in [-0.1, -0.05) is 387 Å². The van der Waals surface area contributed by atoms with Gasteiger partial charge in [-0.05, 0) is 226 Å². The van der Waals surface area contributed by atoms with Crippen LogP contribution in [0.3, 0.4) is 0 Å². The highest BCUT2D eigenvalue weighted by Crippen LogP contribution is 2.63. The minimum Gasteiger partial charge on any atom is -0.0776 e. The van der Waals surface area contributed by atoms with Crippen LogP contribution in [0.15, 0.2) is 315 Å². The van der Waals surface area contributed by atoms with Crippen molar-refractivity contribution in [1.82, 2.24) is 0 Å². The van der Waals surface area contributed by atoms with Crippen molar-refractivity contribution in [3.63, 3.8) is 0 Å². The average Bonchev–Trinajstić information content (AvgIpc) is 1.51. The van der Waals surface area contributed by atoms with E-state index in [4.69, 9.17) is 0 Å². The van der Waals surface area contributed by atoms with E-state index >= 15 is 0 Å². The molecule has 0 unspecified atom stereocenters. The number of hydrogen-bond donors (Lipinski definition) is 0. The molecule has 105 heavy (non-hydrogen) atoms. The molecule has 0 saturated carbocycles. The second-order valence-corrected chi connectivity index (χ2v) is 30.6. The minimum atomic E-state index is -0.273. The molecule has 1 spiro atoms. The summed E-state index contributed by atoms with van der Waals surface area (Å²) in [5.74, 6) is 0. The first-order valence-corrected chi connectivity index (χ1v) is 37.1. The Morgan fingerprint density at radius 2 is 0.505 bits per heavy atom. The van der Waals surface area contributed by atoms with Gasteiger partial charge in [0.05, 0.1) is 10.8 Å². The van der Waals surface area contributed by atoms with Crippen molar-refractivity contribution in [3.8, 4) is 66.8 Å². The smallest absolute Gasteiger partial charge is 0.0725 e. The number of fused-ring (bicyclic) bond motifs is 20. The average molecular weight is 1360 g/mol. The van der Waals surface area contributed by atoms with Gasteiger partial charge in [0.2, 0.25) is 0 Å². The Balaban J connectivity index is 0.000000107. The maximum Gasteiger partial charge on any atom is 0.0725 e. The van der Waals surface area contributed by atoms with Gasteiger partial charge in [0, 0.05) is 5.41 Å². The summed E-state index contributed by atoms with van der Waals surface area (Å²) in [7, 11) is 0. The summed E-state index contributed by atoms with van der Waals surface area (Å²) < 4.78 is 0. The van der Waals surface area contributed by atoms with Crippen molar-refractivity contribution in [3.05, 3.63) is 438 Å². The lowest BCUT2D eigenvalue weighted by molar-refractivity contribution is 0.659. The largest absolute Gasteiger partial charge is 0.0776 e. The summed E-state index contributed by atoms with van der Waals surface area (Å²) in [4.78, 5) is 0. The van der Waals surface area contributed by atoms with E-state index in [1.165, 1.54) is 200 Å². The second-order valence-electron chi connectivity index (χ2n) is 30.6. The van der Waals surface area contributed by atoms with Gasteiger partial charge in [0.25, 0.3) is 0 Å². The molecule has 0 fully saturated rings. The first-order valence-electron chi connectivity index (χ1n) is 37.1. The third kappa shape index (κ3) is 11.9. The van der Waals surface area contributed by atoms with Crippen LogP contribution < -0.4 is 0 Å². The number of rotatable bonds is 3. The summed E-state index contributed by atoms with van der Waals surface area (Å²) in [5.41, 5.74) is 46.5. The van der Waals surface area contributed by atoms with Crippen LogP contribution in [0.5, 0.6) is 0 Å². The Morgan fingerprint density at radius 3 is 0.914 bits per heavy atom. The van der Waals surface area contributed by atoms with Crippen LogP contribution in [0, 0.1) is 69.2 Å². The molecule has 0 bridgehead atoms. The van der Waals surface area contributed by atoms with Gasteiger partial charge in [0.15, 0.2) is 0 Å². The molecule has 514 valence electrons. The van der Waals surface area contributed by atoms with Gasteiger partial charge in [-0.15, -0.1) is 0 Å². The van der Waals surface area contributed by atoms with Gasteiger partial charge < -0.3 is 0 Å². The molecule has 0 amide bonds. The molecule has 0 saturated heterocycles. The Hall–Kier alpha value is -11.4. The number of aryl methyl sites for hydroxylation is 10. The molecule has 0 aliphatic heterocycles. The van der Waals surface area contributed by atoms with E-state index in [0.717, 1.165) is 6.42 Å². The number of benzene rings is 15. The monoisotopic (exact) mass is 1350 g/mol. The zero-order valence-corrected chi connectivity index (χ0v) is 62.2. The predicted octanol–water partition coefficient (Wildman–Crippen LogP) is 27.6. The lowest BCUT2D eigenvalue weighted by Gasteiger charge is -2.34. The van der Waals surface area contributed by atoms with Crippen molar-refractivity contribution in [2.24, 2.45) is 0 Å². The van der Waals surface area contributed by atoms with Gasteiger partial charge in [0.1, 0.15) is 0 Å². The summed E-state index contributed by atoms with van der Waals surface area (Å²) in [6.45, 7) is 26.4. The molecule has 0 atom stereocenters. The summed E-state index contributed by atoms with van der Waals surface area (Å²) in [5, 5.41) is 2.68. The SMILES string of the molecule is C.Cc1ccc(-c2ccc(C)c3ccccc23)cc1.Cc1ccc2c(c1)-c1cc(C)ccc1C2.Cc1ccc2c(c1)C(C)(C)c1cc(C)ccc1-2.Cc1ccc2c(c1)C(c1ccccc1)(c1ccccc1)c1cc(C)ccc1-2.Cc1ccc2c(c1)C1(c3ccccc3-c3ccccc31)c1cc(C)ccc1-2. The quantitative estimate of drug-likeness (QED) is 0.165. The molecule has 5 aliphatic carbocycles. The Kier molecular flexibility index (Phi) is 18.2. The Labute approximate surface area is 624 Å². The highest BCUT2D eigenvalue weighted by molar-refractivity contribution is 5.99. The van der Waals surface area contributed by atoms with Crippen LogP contribution in [0.2, 0.25) is 0 Å². The molecular formula is C105H94. The zero-order valence-electron chi connectivity index (χ0n) is 62.2. The maximum absolute atomic E-state index is 2.41. The summed E-state index contributed by atoms with van der Waals surface area (Å²) in [6.07, 6.45) is 1.10. The Bertz CT molecular complexity index is 5440.